The van der Waals surface area contributed by atoms with Crippen molar-refractivity contribution in [3.8, 4) is 0 Å². The first-order valence-corrected chi connectivity index (χ1v) is 7.73. The minimum atomic E-state index is 0.0815. The Kier molecular flexibility index (Phi) is 7.39. The first-order chi connectivity index (χ1) is 9.06. The van der Waals surface area contributed by atoms with Crippen molar-refractivity contribution in [1.82, 2.24) is 4.90 Å². The van der Waals surface area contributed by atoms with E-state index >= 15 is 0 Å². The van der Waals surface area contributed by atoms with Crippen molar-refractivity contribution in [3.63, 3.8) is 0 Å². The monoisotopic (exact) mass is 270 g/mol. The van der Waals surface area contributed by atoms with Crippen molar-refractivity contribution < 1.29 is 9.90 Å². The molecule has 3 unspecified atom stereocenters. The van der Waals surface area contributed by atoms with Crippen LogP contribution in [-0.2, 0) is 4.79 Å². The summed E-state index contributed by atoms with van der Waals surface area (Å²) in [5.41, 5.74) is 5.74. The molecule has 0 aromatic rings. The van der Waals surface area contributed by atoms with Crippen LogP contribution >= 0.6 is 0 Å². The number of likely N-dealkylation sites (tertiary alicyclic amines) is 1. The maximum atomic E-state index is 12.5. The number of carbonyl (C=O) groups is 1. The fourth-order valence-electron chi connectivity index (χ4n) is 2.89. The van der Waals surface area contributed by atoms with Gasteiger partial charge in [0, 0.05) is 31.2 Å². The third kappa shape index (κ3) is 5.49. The minimum Gasteiger partial charge on any atom is -0.396 e. The van der Waals surface area contributed by atoms with Crippen molar-refractivity contribution >= 4 is 5.91 Å². The Morgan fingerprint density at radius 2 is 2.11 bits per heavy atom. The van der Waals surface area contributed by atoms with E-state index in [4.69, 9.17) is 10.8 Å². The Balaban J connectivity index is 2.44. The zero-order chi connectivity index (χ0) is 14.3. The summed E-state index contributed by atoms with van der Waals surface area (Å²) in [6.45, 7) is 5.07. The highest BCUT2D eigenvalue weighted by molar-refractivity contribution is 5.78. The molecule has 1 aliphatic rings. The van der Waals surface area contributed by atoms with E-state index < -0.39 is 0 Å². The van der Waals surface area contributed by atoms with E-state index in [-0.39, 0.29) is 30.5 Å². The number of nitrogens with two attached hydrogens (primary N) is 1. The summed E-state index contributed by atoms with van der Waals surface area (Å²) >= 11 is 0. The lowest BCUT2D eigenvalue weighted by Gasteiger charge is -2.37. The summed E-state index contributed by atoms with van der Waals surface area (Å²) in [4.78, 5) is 14.5. The largest absolute Gasteiger partial charge is 0.396 e. The Morgan fingerprint density at radius 3 is 2.74 bits per heavy atom. The molecule has 0 aliphatic carbocycles. The molecule has 0 aromatic carbocycles. The third-order valence-electron chi connectivity index (χ3n) is 4.09. The van der Waals surface area contributed by atoms with Crippen LogP contribution in [-0.4, -0.2) is 41.1 Å². The van der Waals surface area contributed by atoms with Crippen LogP contribution in [0.5, 0.6) is 0 Å². The molecular weight excluding hydrogens is 240 g/mol. The number of rotatable bonds is 7. The molecule has 3 atom stereocenters. The van der Waals surface area contributed by atoms with E-state index in [0.29, 0.717) is 0 Å². The first kappa shape index (κ1) is 16.4. The minimum absolute atomic E-state index is 0.0815. The Hall–Kier alpha value is -0.610. The second kappa shape index (κ2) is 8.54. The van der Waals surface area contributed by atoms with Gasteiger partial charge < -0.3 is 15.7 Å². The molecule has 0 spiro atoms. The quantitative estimate of drug-likeness (QED) is 0.742. The van der Waals surface area contributed by atoms with Crippen LogP contribution in [0.4, 0.5) is 0 Å². The van der Waals surface area contributed by atoms with Crippen molar-refractivity contribution in [3.05, 3.63) is 0 Å². The van der Waals surface area contributed by atoms with Gasteiger partial charge in [-0.2, -0.15) is 0 Å². The van der Waals surface area contributed by atoms with E-state index in [1.807, 2.05) is 18.7 Å². The van der Waals surface area contributed by atoms with Crippen LogP contribution in [0.25, 0.3) is 0 Å². The van der Waals surface area contributed by atoms with E-state index in [2.05, 4.69) is 0 Å². The zero-order valence-corrected chi connectivity index (χ0v) is 12.5. The molecule has 0 saturated carbocycles. The summed E-state index contributed by atoms with van der Waals surface area (Å²) in [6, 6.07) is 0.474. The number of aliphatic hydroxyl groups excluding tert-OH is 1. The predicted molar refractivity (Wildman–Crippen MR) is 77.7 cm³/mol. The fraction of sp³-hybridized carbons (Fsp3) is 0.933. The SMILES string of the molecule is CC(N)CCCC(C)C(=O)N1CCCCC1CCO. The van der Waals surface area contributed by atoms with Gasteiger partial charge >= 0.3 is 0 Å². The Bertz CT molecular complexity index is 267. The van der Waals surface area contributed by atoms with E-state index in [1.165, 1.54) is 6.42 Å². The van der Waals surface area contributed by atoms with Gasteiger partial charge in [0.1, 0.15) is 0 Å². The van der Waals surface area contributed by atoms with Gasteiger partial charge in [-0.15, -0.1) is 0 Å². The molecule has 0 bridgehead atoms. The number of hydrogen-bond acceptors (Lipinski definition) is 3. The van der Waals surface area contributed by atoms with Crippen LogP contribution in [0.1, 0.15) is 58.8 Å². The number of piperidine rings is 1. The van der Waals surface area contributed by atoms with Gasteiger partial charge in [-0.25, -0.2) is 0 Å². The standard InChI is InChI=1S/C15H30N2O2/c1-12(6-5-7-13(2)16)15(19)17-10-4-3-8-14(17)9-11-18/h12-14,18H,3-11,16H2,1-2H3. The van der Waals surface area contributed by atoms with Crippen LogP contribution in [0.15, 0.2) is 0 Å². The average Bonchev–Trinajstić information content (AvgIpc) is 2.38. The highest BCUT2D eigenvalue weighted by Crippen LogP contribution is 2.23. The maximum Gasteiger partial charge on any atom is 0.225 e. The highest BCUT2D eigenvalue weighted by Gasteiger charge is 2.28. The molecule has 19 heavy (non-hydrogen) atoms. The number of hydrogen-bond donors (Lipinski definition) is 2. The molecular formula is C15H30N2O2. The normalized spacial score (nSPS) is 23.2. The van der Waals surface area contributed by atoms with Gasteiger partial charge in [-0.05, 0) is 45.4 Å². The van der Waals surface area contributed by atoms with E-state index in [9.17, 15) is 4.79 Å². The molecule has 1 amide bonds. The number of carbonyl (C=O) groups excluding carboxylic acids is 1. The lowest BCUT2D eigenvalue weighted by Crippen LogP contribution is -2.46. The summed E-state index contributed by atoms with van der Waals surface area (Å²) in [7, 11) is 0. The molecule has 1 rings (SSSR count). The lowest BCUT2D eigenvalue weighted by molar-refractivity contribution is -0.139. The summed E-state index contributed by atoms with van der Waals surface area (Å²) in [5, 5.41) is 9.11. The molecule has 1 fully saturated rings. The topological polar surface area (TPSA) is 66.6 Å². The third-order valence-corrected chi connectivity index (χ3v) is 4.09. The van der Waals surface area contributed by atoms with E-state index in [1.54, 1.807) is 0 Å². The maximum absolute atomic E-state index is 12.5. The molecule has 1 heterocycles. The molecule has 4 nitrogen and oxygen atoms in total. The molecule has 112 valence electrons. The zero-order valence-electron chi connectivity index (χ0n) is 12.5. The molecule has 0 aromatic heterocycles. The van der Waals surface area contributed by atoms with Gasteiger partial charge in [0.15, 0.2) is 0 Å². The lowest BCUT2D eigenvalue weighted by atomic mass is 9.95. The predicted octanol–water partition coefficient (Wildman–Crippen LogP) is 1.90. The van der Waals surface area contributed by atoms with Gasteiger partial charge in [-0.3, -0.25) is 4.79 Å². The molecule has 1 saturated heterocycles. The van der Waals surface area contributed by atoms with Crippen LogP contribution < -0.4 is 5.73 Å². The number of amides is 1. The molecule has 4 heteroatoms. The van der Waals surface area contributed by atoms with Crippen molar-refractivity contribution in [2.75, 3.05) is 13.2 Å². The molecule has 0 radical (unpaired) electrons. The average molecular weight is 270 g/mol. The second-order valence-corrected chi connectivity index (χ2v) is 6.00. The second-order valence-electron chi connectivity index (χ2n) is 6.00. The summed E-state index contributed by atoms with van der Waals surface area (Å²) < 4.78 is 0. The highest BCUT2D eigenvalue weighted by atomic mass is 16.3. The van der Waals surface area contributed by atoms with Crippen LogP contribution in [0, 0.1) is 5.92 Å². The first-order valence-electron chi connectivity index (χ1n) is 7.73. The molecule has 1 aliphatic heterocycles. The fourth-order valence-corrected chi connectivity index (χ4v) is 2.89. The van der Waals surface area contributed by atoms with Gasteiger partial charge in [0.25, 0.3) is 0 Å². The number of aliphatic hydroxyl groups is 1. The van der Waals surface area contributed by atoms with Crippen LogP contribution in [0.2, 0.25) is 0 Å². The Labute approximate surface area is 117 Å². The van der Waals surface area contributed by atoms with Gasteiger partial charge in [0.2, 0.25) is 5.91 Å². The van der Waals surface area contributed by atoms with Crippen molar-refractivity contribution in [2.24, 2.45) is 11.7 Å². The Morgan fingerprint density at radius 1 is 1.37 bits per heavy atom. The summed E-state index contributed by atoms with van der Waals surface area (Å²) in [5.74, 6) is 0.348. The smallest absolute Gasteiger partial charge is 0.225 e. The molecule has 3 N–H and O–H groups in total. The summed E-state index contributed by atoms with van der Waals surface area (Å²) in [6.07, 6.45) is 6.95. The van der Waals surface area contributed by atoms with Crippen LogP contribution in [0.3, 0.4) is 0 Å². The number of nitrogens with zero attached hydrogens (tertiary/aromatic N) is 1. The van der Waals surface area contributed by atoms with Crippen molar-refractivity contribution in [1.29, 1.82) is 0 Å². The van der Waals surface area contributed by atoms with Gasteiger partial charge in [-0.1, -0.05) is 13.3 Å². The van der Waals surface area contributed by atoms with E-state index in [0.717, 1.165) is 45.1 Å². The van der Waals surface area contributed by atoms with Crippen molar-refractivity contribution in [2.45, 2.75) is 70.9 Å². The van der Waals surface area contributed by atoms with Gasteiger partial charge in [0.05, 0.1) is 0 Å².